The number of unbranched alkanes of at least 4 members (excludes halogenated alkanes) is 3. The van der Waals surface area contributed by atoms with Gasteiger partial charge in [0.15, 0.2) is 0 Å². The molecular weight excluding hydrogens is 320 g/mol. The molecule has 0 radical (unpaired) electrons. The van der Waals surface area contributed by atoms with E-state index in [1.807, 2.05) is 18.2 Å². The van der Waals surface area contributed by atoms with Crippen LogP contribution in [-0.2, 0) is 9.53 Å². The monoisotopic (exact) mass is 352 g/mol. The van der Waals surface area contributed by atoms with Crippen molar-refractivity contribution in [1.82, 2.24) is 0 Å². The van der Waals surface area contributed by atoms with Crippen LogP contribution in [0.5, 0.6) is 0 Å². The summed E-state index contributed by atoms with van der Waals surface area (Å²) in [6.45, 7) is 2.14. The Hall–Kier alpha value is -1.33. The van der Waals surface area contributed by atoms with Gasteiger partial charge in [-0.2, -0.15) is 0 Å². The third-order valence-corrected chi connectivity index (χ3v) is 5.26. The van der Waals surface area contributed by atoms with Gasteiger partial charge in [0.05, 0.1) is 18.0 Å². The lowest BCUT2D eigenvalue weighted by molar-refractivity contribution is -0.137. The van der Waals surface area contributed by atoms with Crippen molar-refractivity contribution in [3.8, 4) is 0 Å². The smallest absolute Gasteiger partial charge is 0.303 e. The topological polar surface area (TPSA) is 87.0 Å². The Morgan fingerprint density at radius 3 is 2.88 bits per heavy atom. The highest BCUT2D eigenvalue weighted by molar-refractivity contribution is 5.66. The molecule has 2 fully saturated rings. The summed E-state index contributed by atoms with van der Waals surface area (Å²) in [7, 11) is 0. The maximum absolute atomic E-state index is 10.5. The Balaban J connectivity index is 1.83. The van der Waals surface area contributed by atoms with Gasteiger partial charge >= 0.3 is 5.97 Å². The highest BCUT2D eigenvalue weighted by Crippen LogP contribution is 2.45. The predicted octanol–water partition coefficient (Wildman–Crippen LogP) is 3.41. The minimum Gasteiger partial charge on any atom is -0.495 e. The number of carboxylic acid groups (broad SMARTS) is 1. The fraction of sp³-hybridized carbons (Fsp3) is 0.750. The van der Waals surface area contributed by atoms with Crippen molar-refractivity contribution in [3.05, 3.63) is 24.0 Å². The summed E-state index contributed by atoms with van der Waals surface area (Å²) >= 11 is 0. The SMILES string of the molecule is CCCCC[C@H](O)/C=C/C1[C@H](O)C[C@@H]2O/C(=C\CCCC(=O)O)C[C@H]12. The first kappa shape index (κ1) is 20.0. The molecule has 0 spiro atoms. The lowest BCUT2D eigenvalue weighted by atomic mass is 9.90. The molecule has 25 heavy (non-hydrogen) atoms. The van der Waals surface area contributed by atoms with Gasteiger partial charge in [-0.15, -0.1) is 0 Å². The highest BCUT2D eigenvalue weighted by atomic mass is 16.5. The van der Waals surface area contributed by atoms with Crippen LogP contribution in [0.15, 0.2) is 24.0 Å². The molecule has 0 amide bonds. The van der Waals surface area contributed by atoms with E-state index in [4.69, 9.17) is 9.84 Å². The number of fused-ring (bicyclic) bond motifs is 1. The first-order valence-electron chi connectivity index (χ1n) is 9.63. The summed E-state index contributed by atoms with van der Waals surface area (Å²) in [5.74, 6) is 0.429. The van der Waals surface area contributed by atoms with Crippen molar-refractivity contribution in [3.63, 3.8) is 0 Å². The average Bonchev–Trinajstić information content (AvgIpc) is 3.06. The van der Waals surface area contributed by atoms with Crippen LogP contribution in [0.4, 0.5) is 0 Å². The first-order chi connectivity index (χ1) is 12.0. The number of carbonyl (C=O) groups is 1. The van der Waals surface area contributed by atoms with Crippen LogP contribution in [0.2, 0.25) is 0 Å². The van der Waals surface area contributed by atoms with Gasteiger partial charge in [0, 0.05) is 31.1 Å². The van der Waals surface area contributed by atoms with Gasteiger partial charge in [-0.25, -0.2) is 0 Å². The summed E-state index contributed by atoms with van der Waals surface area (Å²) in [4.78, 5) is 10.5. The molecule has 0 aromatic carbocycles. The number of hydrogen-bond acceptors (Lipinski definition) is 4. The van der Waals surface area contributed by atoms with Crippen molar-refractivity contribution in [2.75, 3.05) is 0 Å². The third-order valence-electron chi connectivity index (χ3n) is 5.26. The molecule has 0 aromatic heterocycles. The van der Waals surface area contributed by atoms with Crippen molar-refractivity contribution < 1.29 is 24.9 Å². The number of allylic oxidation sites excluding steroid dienone is 2. The largest absolute Gasteiger partial charge is 0.495 e. The number of carboxylic acids is 1. The third kappa shape index (κ3) is 6.15. The second kappa shape index (κ2) is 9.97. The Morgan fingerprint density at radius 2 is 2.16 bits per heavy atom. The Labute approximate surface area is 150 Å². The van der Waals surface area contributed by atoms with Crippen LogP contribution in [-0.4, -0.2) is 39.6 Å². The zero-order valence-corrected chi connectivity index (χ0v) is 15.1. The Kier molecular flexibility index (Phi) is 7.97. The van der Waals surface area contributed by atoms with Crippen LogP contribution < -0.4 is 0 Å². The second-order valence-corrected chi connectivity index (χ2v) is 7.31. The summed E-state index contributed by atoms with van der Waals surface area (Å²) in [5.41, 5.74) is 0. The molecule has 1 saturated heterocycles. The van der Waals surface area contributed by atoms with E-state index in [0.717, 1.165) is 37.9 Å². The molecule has 1 aliphatic carbocycles. The average molecular weight is 352 g/mol. The van der Waals surface area contributed by atoms with Crippen molar-refractivity contribution in [2.24, 2.45) is 11.8 Å². The summed E-state index contributed by atoms with van der Waals surface area (Å²) in [6.07, 6.45) is 12.0. The molecule has 1 aliphatic heterocycles. The second-order valence-electron chi connectivity index (χ2n) is 7.31. The van der Waals surface area contributed by atoms with Crippen molar-refractivity contribution in [1.29, 1.82) is 0 Å². The summed E-state index contributed by atoms with van der Waals surface area (Å²) in [5, 5.41) is 29.0. The van der Waals surface area contributed by atoms with Gasteiger partial charge in [-0.05, 0) is 25.3 Å². The Bertz CT molecular complexity index is 484. The minimum absolute atomic E-state index is 0.0238. The van der Waals surface area contributed by atoms with E-state index in [-0.39, 0.29) is 24.4 Å². The predicted molar refractivity (Wildman–Crippen MR) is 96.0 cm³/mol. The lowest BCUT2D eigenvalue weighted by Crippen LogP contribution is -2.18. The fourth-order valence-corrected chi connectivity index (χ4v) is 3.86. The van der Waals surface area contributed by atoms with Gasteiger partial charge in [0.25, 0.3) is 0 Å². The van der Waals surface area contributed by atoms with E-state index in [9.17, 15) is 15.0 Å². The molecule has 5 atom stereocenters. The van der Waals surface area contributed by atoms with E-state index in [0.29, 0.717) is 19.3 Å². The van der Waals surface area contributed by atoms with Crippen molar-refractivity contribution in [2.45, 2.75) is 83.0 Å². The number of hydrogen-bond donors (Lipinski definition) is 3. The first-order valence-corrected chi connectivity index (χ1v) is 9.63. The van der Waals surface area contributed by atoms with Gasteiger partial charge in [-0.3, -0.25) is 4.79 Å². The van der Waals surface area contributed by atoms with E-state index < -0.39 is 18.2 Å². The quantitative estimate of drug-likeness (QED) is 0.414. The van der Waals surface area contributed by atoms with Crippen molar-refractivity contribution >= 4 is 5.97 Å². The molecule has 0 aromatic rings. The van der Waals surface area contributed by atoms with Crippen LogP contribution in [0.1, 0.15) is 64.7 Å². The van der Waals surface area contributed by atoms with E-state index in [1.165, 1.54) is 0 Å². The number of rotatable bonds is 10. The molecule has 1 unspecified atom stereocenters. The molecule has 3 N–H and O–H groups in total. The Morgan fingerprint density at radius 1 is 1.36 bits per heavy atom. The van der Waals surface area contributed by atoms with Crippen LogP contribution in [0.25, 0.3) is 0 Å². The molecule has 2 aliphatic rings. The van der Waals surface area contributed by atoms with Gasteiger partial charge in [-0.1, -0.05) is 38.3 Å². The zero-order valence-electron chi connectivity index (χ0n) is 15.1. The van der Waals surface area contributed by atoms with E-state index in [1.54, 1.807) is 0 Å². The van der Waals surface area contributed by atoms with Gasteiger partial charge in [0.2, 0.25) is 0 Å². The highest BCUT2D eigenvalue weighted by Gasteiger charge is 2.46. The fourth-order valence-electron chi connectivity index (χ4n) is 3.86. The number of ether oxygens (including phenoxy) is 1. The lowest BCUT2D eigenvalue weighted by Gasteiger charge is -2.16. The molecule has 142 valence electrons. The molecular formula is C20H32O5. The minimum atomic E-state index is -0.770. The number of aliphatic hydroxyl groups is 2. The summed E-state index contributed by atoms with van der Waals surface area (Å²) in [6, 6.07) is 0. The normalized spacial score (nSPS) is 31.4. The van der Waals surface area contributed by atoms with E-state index >= 15 is 0 Å². The maximum atomic E-state index is 10.5. The molecule has 0 bridgehead atoms. The standard InChI is InChI=1S/C20H32O5/c1-2-3-4-7-14(21)10-11-16-17-12-15(8-5-6-9-20(23)24)25-19(17)13-18(16)22/h8,10-11,14,16-19,21-22H,2-7,9,12-13H2,1H3,(H,23,24)/b11-10+,15-8-/t14-,16?,17+,18+,19-/m0/s1. The van der Waals surface area contributed by atoms with Crippen LogP contribution in [0.3, 0.4) is 0 Å². The van der Waals surface area contributed by atoms with Gasteiger partial charge < -0.3 is 20.1 Å². The van der Waals surface area contributed by atoms with Crippen LogP contribution in [0, 0.1) is 11.8 Å². The molecule has 5 nitrogen and oxygen atoms in total. The van der Waals surface area contributed by atoms with Crippen LogP contribution >= 0.6 is 0 Å². The maximum Gasteiger partial charge on any atom is 0.303 e. The van der Waals surface area contributed by atoms with Gasteiger partial charge in [0.1, 0.15) is 6.10 Å². The number of aliphatic carboxylic acids is 1. The molecule has 5 heteroatoms. The zero-order chi connectivity index (χ0) is 18.2. The summed E-state index contributed by atoms with van der Waals surface area (Å²) < 4.78 is 5.94. The molecule has 1 heterocycles. The molecule has 2 rings (SSSR count). The van der Waals surface area contributed by atoms with E-state index in [2.05, 4.69) is 6.92 Å². The molecule has 1 saturated carbocycles. The number of aliphatic hydroxyl groups excluding tert-OH is 2.